The maximum atomic E-state index is 11.9. The van der Waals surface area contributed by atoms with Crippen LogP contribution in [0.2, 0.25) is 0 Å². The van der Waals surface area contributed by atoms with E-state index in [2.05, 4.69) is 25.8 Å². The lowest BCUT2D eigenvalue weighted by molar-refractivity contribution is -0.299. The number of aromatic amines is 1. The number of nitrogens with zero attached hydrogens (tertiary/aromatic N) is 3. The van der Waals surface area contributed by atoms with E-state index in [0.717, 1.165) is 12.0 Å². The number of benzene rings is 1. The van der Waals surface area contributed by atoms with Crippen molar-refractivity contribution in [1.82, 2.24) is 20.5 Å². The van der Waals surface area contributed by atoms with Gasteiger partial charge in [0.25, 0.3) is 0 Å². The van der Waals surface area contributed by atoms with Gasteiger partial charge in [0, 0.05) is 22.8 Å². The van der Waals surface area contributed by atoms with Crippen LogP contribution in [-0.2, 0) is 4.79 Å². The van der Waals surface area contributed by atoms with Crippen molar-refractivity contribution in [3.05, 3.63) is 46.8 Å². The fourth-order valence-corrected chi connectivity index (χ4v) is 3.23. The number of aromatic nitrogens is 4. The molecule has 0 bridgehead atoms. The molecule has 2 aromatic heterocycles. The zero-order chi connectivity index (χ0) is 16.7. The fourth-order valence-electron chi connectivity index (χ4n) is 3.23. The minimum atomic E-state index is -1.21. The molecule has 2 N–H and O–H groups in total. The van der Waals surface area contributed by atoms with Crippen LogP contribution in [0.3, 0.4) is 0 Å². The second-order valence-corrected chi connectivity index (χ2v) is 5.67. The molecule has 3 aromatic rings. The van der Waals surface area contributed by atoms with Gasteiger partial charge in [-0.15, -0.1) is 0 Å². The van der Waals surface area contributed by atoms with Gasteiger partial charge in [-0.05, 0) is 28.4 Å². The quantitative estimate of drug-likeness (QED) is 0.742. The number of hydrogen-bond donors (Lipinski definition) is 2. The lowest BCUT2D eigenvalue weighted by Gasteiger charge is -2.30. The van der Waals surface area contributed by atoms with Gasteiger partial charge in [-0.3, -0.25) is 5.10 Å². The average molecular weight is 324 g/mol. The first-order valence-electron chi connectivity index (χ1n) is 7.66. The summed E-state index contributed by atoms with van der Waals surface area (Å²) < 4.78 is 4.82. The minimum absolute atomic E-state index is 0.196. The summed E-state index contributed by atoms with van der Waals surface area (Å²) in [5.41, 5.74) is 3.35. The van der Waals surface area contributed by atoms with Crippen molar-refractivity contribution >= 4 is 22.8 Å². The molecule has 1 aliphatic heterocycles. The maximum Gasteiger partial charge on any atom is 0.139 e. The summed E-state index contributed by atoms with van der Waals surface area (Å²) in [4.78, 5) is 11.9. The molecule has 122 valence electrons. The smallest absolute Gasteiger partial charge is 0.139 e. The molecular weight excluding hydrogens is 310 g/mol. The molecule has 0 saturated carbocycles. The Kier molecular flexibility index (Phi) is 3.30. The van der Waals surface area contributed by atoms with E-state index in [0.29, 0.717) is 34.5 Å². The van der Waals surface area contributed by atoms with Crippen LogP contribution in [-0.4, -0.2) is 26.5 Å². The molecule has 4 rings (SSSR count). The summed E-state index contributed by atoms with van der Waals surface area (Å²) >= 11 is 0. The number of fused-ring (bicyclic) bond motifs is 2. The highest BCUT2D eigenvalue weighted by Gasteiger charge is 2.33. The Morgan fingerprint density at radius 1 is 1.33 bits per heavy atom. The van der Waals surface area contributed by atoms with Crippen molar-refractivity contribution in [2.24, 2.45) is 0 Å². The number of anilines is 1. The van der Waals surface area contributed by atoms with Crippen LogP contribution in [0.15, 0.2) is 40.3 Å². The van der Waals surface area contributed by atoms with Gasteiger partial charge in [-0.1, -0.05) is 25.5 Å². The van der Waals surface area contributed by atoms with Crippen molar-refractivity contribution in [3.8, 4) is 0 Å². The topological polar surface area (TPSA) is 120 Å². The van der Waals surface area contributed by atoms with E-state index < -0.39 is 11.9 Å². The van der Waals surface area contributed by atoms with Gasteiger partial charge in [0.1, 0.15) is 16.9 Å². The van der Waals surface area contributed by atoms with E-state index >= 15 is 0 Å². The summed E-state index contributed by atoms with van der Waals surface area (Å²) in [6, 6.07) is 5.39. The number of carbonyl (C=O) groups is 1. The van der Waals surface area contributed by atoms with Gasteiger partial charge in [0.05, 0.1) is 12.2 Å². The summed E-state index contributed by atoms with van der Waals surface area (Å²) in [5, 5.41) is 29.8. The van der Waals surface area contributed by atoms with Crippen LogP contribution >= 0.6 is 0 Å². The molecule has 1 unspecified atom stereocenters. The van der Waals surface area contributed by atoms with Gasteiger partial charge in [-0.25, -0.2) is 4.63 Å². The first-order valence-corrected chi connectivity index (χ1v) is 7.66. The van der Waals surface area contributed by atoms with Crippen molar-refractivity contribution < 1.29 is 14.5 Å². The van der Waals surface area contributed by atoms with Crippen molar-refractivity contribution in [1.29, 1.82) is 0 Å². The molecule has 3 heterocycles. The monoisotopic (exact) mass is 324 g/mol. The van der Waals surface area contributed by atoms with Gasteiger partial charge >= 0.3 is 0 Å². The molecule has 0 spiro atoms. The Hall–Kier alpha value is -3.16. The molecule has 8 nitrogen and oxygen atoms in total. The second kappa shape index (κ2) is 5.48. The summed E-state index contributed by atoms with van der Waals surface area (Å²) in [6.07, 6.45) is 3.00. The molecule has 0 saturated heterocycles. The van der Waals surface area contributed by atoms with E-state index in [9.17, 15) is 9.90 Å². The van der Waals surface area contributed by atoms with Gasteiger partial charge < -0.3 is 15.2 Å². The molecule has 1 aromatic carbocycles. The Bertz CT molecular complexity index is 955. The third-order valence-electron chi connectivity index (χ3n) is 4.22. The Balaban J connectivity index is 2.00. The molecule has 1 aliphatic rings. The summed E-state index contributed by atoms with van der Waals surface area (Å²) in [7, 11) is 0. The van der Waals surface area contributed by atoms with E-state index in [1.165, 1.54) is 0 Å². The molecular formula is C16H14N5O3-. The number of hydrogen-bond acceptors (Lipinski definition) is 7. The largest absolute Gasteiger partial charge is 0.545 e. The molecule has 1 atom stereocenters. The van der Waals surface area contributed by atoms with Crippen LogP contribution in [0.4, 0.5) is 5.82 Å². The van der Waals surface area contributed by atoms with E-state index in [-0.39, 0.29) is 5.57 Å². The predicted octanol–water partition coefficient (Wildman–Crippen LogP) is 1.31. The minimum Gasteiger partial charge on any atom is -0.545 e. The first-order chi connectivity index (χ1) is 11.7. The summed E-state index contributed by atoms with van der Waals surface area (Å²) in [5.74, 6) is -1.08. The zero-order valence-electron chi connectivity index (χ0n) is 12.9. The number of carbonyl (C=O) groups excluding carboxylic acids is 1. The van der Waals surface area contributed by atoms with E-state index in [1.807, 2.05) is 13.0 Å². The fraction of sp³-hybridized carbons (Fsp3) is 0.250. The molecule has 8 heteroatoms. The summed E-state index contributed by atoms with van der Waals surface area (Å²) in [6.45, 7) is 1.99. The number of aliphatic carboxylic acids is 1. The Morgan fingerprint density at radius 2 is 2.21 bits per heavy atom. The van der Waals surface area contributed by atoms with Gasteiger partial charge in [-0.2, -0.15) is 5.10 Å². The molecule has 24 heavy (non-hydrogen) atoms. The third kappa shape index (κ3) is 2.07. The number of H-pyrrole nitrogens is 1. The number of nitrogens with one attached hydrogen (secondary N) is 2. The van der Waals surface area contributed by atoms with Crippen molar-refractivity contribution in [2.45, 2.75) is 25.7 Å². The second-order valence-electron chi connectivity index (χ2n) is 5.67. The first kappa shape index (κ1) is 14.4. The number of allylic oxidation sites excluding steroid dienone is 1. The van der Waals surface area contributed by atoms with Crippen LogP contribution in [0.25, 0.3) is 11.0 Å². The van der Waals surface area contributed by atoms with Crippen molar-refractivity contribution in [3.63, 3.8) is 0 Å². The zero-order valence-corrected chi connectivity index (χ0v) is 12.9. The highest BCUT2D eigenvalue weighted by atomic mass is 16.6. The normalized spacial score (nSPS) is 17.0. The number of carboxylic acid groups (broad SMARTS) is 1. The van der Waals surface area contributed by atoms with Gasteiger partial charge in [0.2, 0.25) is 0 Å². The van der Waals surface area contributed by atoms with Crippen LogP contribution in [0, 0.1) is 0 Å². The molecule has 0 aliphatic carbocycles. The lowest BCUT2D eigenvalue weighted by atomic mass is 9.81. The van der Waals surface area contributed by atoms with Gasteiger partial charge in [0.15, 0.2) is 0 Å². The highest BCUT2D eigenvalue weighted by molar-refractivity contribution is 5.93. The standard InChI is InChI=1S/C16H15N5O3/c1-2-4-10-13(16(22)23)12(9-7-17-19-15(9)18-10)8-5-3-6-11-14(8)21-24-20-11/h3,5-7,12H,2,4H2,1H3,(H,22,23)(H2,17,18,19)/p-1. The van der Waals surface area contributed by atoms with Crippen LogP contribution in [0.1, 0.15) is 36.8 Å². The highest BCUT2D eigenvalue weighted by Crippen LogP contribution is 2.43. The van der Waals surface area contributed by atoms with Crippen molar-refractivity contribution in [2.75, 3.05) is 5.32 Å². The van der Waals surface area contributed by atoms with Crippen LogP contribution in [0.5, 0.6) is 0 Å². The number of carboxylic acids is 1. The predicted molar refractivity (Wildman–Crippen MR) is 82.8 cm³/mol. The Labute approximate surface area is 136 Å². The SMILES string of the molecule is CCCC1=C(C(=O)[O-])C(c2cccc3nonc23)c2cn[nH]c2N1. The van der Waals surface area contributed by atoms with Crippen LogP contribution < -0.4 is 10.4 Å². The lowest BCUT2D eigenvalue weighted by Crippen LogP contribution is -2.33. The van der Waals surface area contributed by atoms with E-state index in [1.54, 1.807) is 18.3 Å². The molecule has 0 amide bonds. The van der Waals surface area contributed by atoms with E-state index in [4.69, 9.17) is 4.63 Å². The molecule has 0 radical (unpaired) electrons. The number of rotatable bonds is 4. The molecule has 0 fully saturated rings. The maximum absolute atomic E-state index is 11.9. The average Bonchev–Trinajstić information content (AvgIpc) is 3.21. The third-order valence-corrected chi connectivity index (χ3v) is 4.22. The Morgan fingerprint density at radius 3 is 3.00 bits per heavy atom.